The van der Waals surface area contributed by atoms with E-state index in [1.807, 2.05) is 23.1 Å². The van der Waals surface area contributed by atoms with Gasteiger partial charge < -0.3 is 4.90 Å². The van der Waals surface area contributed by atoms with Crippen molar-refractivity contribution in [2.75, 3.05) is 31.1 Å². The van der Waals surface area contributed by atoms with E-state index in [4.69, 9.17) is 11.6 Å². The zero-order valence-electron chi connectivity index (χ0n) is 16.5. The summed E-state index contributed by atoms with van der Waals surface area (Å²) in [5.41, 5.74) is 0.406. The van der Waals surface area contributed by atoms with Gasteiger partial charge in [0.05, 0.1) is 15.6 Å². The Kier molecular flexibility index (Phi) is 6.08. The second-order valence-corrected chi connectivity index (χ2v) is 9.44. The Hall–Kier alpha value is -2.75. The minimum absolute atomic E-state index is 0.0388. The fourth-order valence-corrected chi connectivity index (χ4v) is 5.22. The van der Waals surface area contributed by atoms with E-state index in [-0.39, 0.29) is 22.0 Å². The molecule has 10 heteroatoms. The van der Waals surface area contributed by atoms with Crippen molar-refractivity contribution in [1.82, 2.24) is 14.1 Å². The van der Waals surface area contributed by atoms with Gasteiger partial charge in [-0.2, -0.15) is 8.99 Å². The van der Waals surface area contributed by atoms with Crippen LogP contribution in [0.2, 0.25) is 5.02 Å². The molecule has 7 nitrogen and oxygen atoms in total. The summed E-state index contributed by atoms with van der Waals surface area (Å²) < 4.78 is 42.1. The first-order valence-corrected chi connectivity index (χ1v) is 11.5. The van der Waals surface area contributed by atoms with Gasteiger partial charge in [0.2, 0.25) is 10.0 Å². The van der Waals surface area contributed by atoms with E-state index >= 15 is 0 Å². The van der Waals surface area contributed by atoms with E-state index in [2.05, 4.69) is 5.10 Å². The van der Waals surface area contributed by atoms with Crippen molar-refractivity contribution < 1.29 is 12.8 Å². The minimum Gasteiger partial charge on any atom is -0.354 e. The molecule has 1 aliphatic rings. The van der Waals surface area contributed by atoms with Crippen LogP contribution < -0.4 is 10.5 Å². The molecule has 1 aromatic heterocycles. The third-order valence-corrected chi connectivity index (χ3v) is 7.28. The Morgan fingerprint density at radius 3 is 2.45 bits per heavy atom. The number of hydrogen-bond donors (Lipinski definition) is 0. The van der Waals surface area contributed by atoms with Crippen molar-refractivity contribution in [3.63, 3.8) is 0 Å². The molecule has 0 saturated carbocycles. The molecule has 0 spiro atoms. The number of halogens is 2. The van der Waals surface area contributed by atoms with Crippen molar-refractivity contribution >= 4 is 27.4 Å². The van der Waals surface area contributed by atoms with Crippen LogP contribution in [0.3, 0.4) is 0 Å². The number of rotatable bonds is 4. The Morgan fingerprint density at radius 1 is 0.935 bits per heavy atom. The Labute approximate surface area is 184 Å². The average molecular weight is 463 g/mol. The highest BCUT2D eigenvalue weighted by atomic mass is 35.5. The molecule has 1 fully saturated rings. The molecule has 3 aromatic rings. The Bertz CT molecular complexity index is 1250. The quantitative estimate of drug-likeness (QED) is 0.596. The number of nitrogens with zero attached hydrogens (tertiary/aromatic N) is 4. The molecule has 2 heterocycles. The normalized spacial score (nSPS) is 15.6. The van der Waals surface area contributed by atoms with E-state index in [1.54, 1.807) is 18.2 Å². The summed E-state index contributed by atoms with van der Waals surface area (Å²) in [6.07, 6.45) is 0.570. The monoisotopic (exact) mass is 462 g/mol. The highest BCUT2D eigenvalue weighted by molar-refractivity contribution is 7.89. The number of aromatic nitrogens is 2. The predicted molar refractivity (Wildman–Crippen MR) is 117 cm³/mol. The van der Waals surface area contributed by atoms with Crippen LogP contribution >= 0.6 is 11.6 Å². The van der Waals surface area contributed by atoms with Gasteiger partial charge in [0.1, 0.15) is 11.6 Å². The van der Waals surface area contributed by atoms with Crippen LogP contribution in [0.25, 0.3) is 5.69 Å². The molecule has 2 aromatic carbocycles. The molecule has 0 radical (unpaired) electrons. The van der Waals surface area contributed by atoms with Crippen LogP contribution in [-0.4, -0.2) is 48.7 Å². The molecule has 1 saturated heterocycles. The van der Waals surface area contributed by atoms with Crippen molar-refractivity contribution in [3.05, 3.63) is 81.9 Å². The minimum atomic E-state index is -3.81. The largest absolute Gasteiger partial charge is 0.354 e. The van der Waals surface area contributed by atoms with Gasteiger partial charge in [-0.05, 0) is 42.8 Å². The van der Waals surface area contributed by atoms with E-state index in [1.165, 1.54) is 21.1 Å². The second-order valence-electron chi connectivity index (χ2n) is 7.10. The summed E-state index contributed by atoms with van der Waals surface area (Å²) in [5.74, 6) is -0.0743. The molecule has 4 rings (SSSR count). The van der Waals surface area contributed by atoms with Crippen LogP contribution in [0.1, 0.15) is 6.42 Å². The number of benzene rings is 2. The van der Waals surface area contributed by atoms with Crippen LogP contribution in [0.15, 0.2) is 70.4 Å². The first kappa shape index (κ1) is 21.5. The van der Waals surface area contributed by atoms with Gasteiger partial charge in [0.15, 0.2) is 0 Å². The number of hydrogen-bond acceptors (Lipinski definition) is 5. The molecule has 31 heavy (non-hydrogen) atoms. The van der Waals surface area contributed by atoms with Crippen LogP contribution in [-0.2, 0) is 10.0 Å². The number of anilines is 1. The molecule has 0 amide bonds. The molecular weight excluding hydrogens is 443 g/mol. The van der Waals surface area contributed by atoms with Crippen LogP contribution in [0, 0.1) is 5.82 Å². The Balaban J connectivity index is 1.56. The topological polar surface area (TPSA) is 75.5 Å². The van der Waals surface area contributed by atoms with Crippen LogP contribution in [0.5, 0.6) is 0 Å². The zero-order valence-corrected chi connectivity index (χ0v) is 18.1. The third-order valence-electron chi connectivity index (χ3n) is 5.09. The predicted octanol–water partition coefficient (Wildman–Crippen LogP) is 2.93. The first-order chi connectivity index (χ1) is 14.9. The molecule has 162 valence electrons. The Morgan fingerprint density at radius 2 is 1.71 bits per heavy atom. The average Bonchev–Trinajstić information content (AvgIpc) is 3.03. The van der Waals surface area contributed by atoms with E-state index in [0.29, 0.717) is 37.6 Å². The lowest BCUT2D eigenvalue weighted by Gasteiger charge is -2.23. The van der Waals surface area contributed by atoms with E-state index in [0.717, 1.165) is 12.1 Å². The van der Waals surface area contributed by atoms with Gasteiger partial charge in [0.25, 0.3) is 5.56 Å². The maximum absolute atomic E-state index is 13.4. The summed E-state index contributed by atoms with van der Waals surface area (Å²) in [6.45, 7) is 1.51. The van der Waals surface area contributed by atoms with E-state index < -0.39 is 15.8 Å². The van der Waals surface area contributed by atoms with Crippen molar-refractivity contribution in [1.29, 1.82) is 0 Å². The summed E-state index contributed by atoms with van der Waals surface area (Å²) in [5, 5.41) is 4.25. The van der Waals surface area contributed by atoms with Gasteiger partial charge in [-0.15, -0.1) is 5.10 Å². The summed E-state index contributed by atoms with van der Waals surface area (Å²) >= 11 is 5.77. The molecule has 1 aliphatic heterocycles. The maximum atomic E-state index is 13.4. The van der Waals surface area contributed by atoms with Crippen molar-refractivity contribution in [3.8, 4) is 5.69 Å². The second kappa shape index (κ2) is 8.78. The fraction of sp³-hybridized carbons (Fsp3) is 0.238. The van der Waals surface area contributed by atoms with Crippen molar-refractivity contribution in [2.45, 2.75) is 11.3 Å². The number of sulfonamides is 1. The zero-order chi connectivity index (χ0) is 22.0. The smallest absolute Gasteiger partial charge is 0.271 e. The lowest BCUT2D eigenvalue weighted by Crippen LogP contribution is -2.36. The molecule has 0 unspecified atom stereocenters. The van der Waals surface area contributed by atoms with Gasteiger partial charge in [0, 0.05) is 32.2 Å². The SMILES string of the molecule is O=c1ccc(N2CCCN(S(=O)(=O)c3ccc(F)c(Cl)c3)CC2)nn1-c1ccccc1. The van der Waals surface area contributed by atoms with Gasteiger partial charge in [-0.3, -0.25) is 4.79 Å². The van der Waals surface area contributed by atoms with Gasteiger partial charge in [-0.1, -0.05) is 29.8 Å². The van der Waals surface area contributed by atoms with Gasteiger partial charge in [-0.25, -0.2) is 12.8 Å². The number of para-hydroxylation sites is 1. The lowest BCUT2D eigenvalue weighted by atomic mass is 10.3. The van der Waals surface area contributed by atoms with Crippen molar-refractivity contribution in [2.24, 2.45) is 0 Å². The molecule has 0 atom stereocenters. The highest BCUT2D eigenvalue weighted by Gasteiger charge is 2.28. The maximum Gasteiger partial charge on any atom is 0.271 e. The summed E-state index contributed by atoms with van der Waals surface area (Å²) in [6, 6.07) is 15.6. The first-order valence-electron chi connectivity index (χ1n) is 9.72. The molecule has 0 aliphatic carbocycles. The standard InChI is InChI=1S/C21H20ClFN4O3S/c22-18-15-17(7-8-19(18)23)31(29,30)26-12-4-11-25(13-14-26)20-9-10-21(28)27(24-20)16-5-2-1-3-6-16/h1-3,5-10,15H,4,11-14H2. The fourth-order valence-electron chi connectivity index (χ4n) is 3.47. The van der Waals surface area contributed by atoms with Crippen LogP contribution in [0.4, 0.5) is 10.2 Å². The summed E-state index contributed by atoms with van der Waals surface area (Å²) in [4.78, 5) is 14.2. The lowest BCUT2D eigenvalue weighted by molar-refractivity contribution is 0.433. The highest BCUT2D eigenvalue weighted by Crippen LogP contribution is 2.24. The summed E-state index contributed by atoms with van der Waals surface area (Å²) in [7, 11) is -3.81. The molecule has 0 N–H and O–H groups in total. The molecular formula is C21H20ClFN4O3S. The third kappa shape index (κ3) is 4.48. The van der Waals surface area contributed by atoms with Gasteiger partial charge >= 0.3 is 0 Å². The molecule has 0 bridgehead atoms. The van der Waals surface area contributed by atoms with E-state index in [9.17, 15) is 17.6 Å².